The number of fused-ring (bicyclic) bond motifs is 1. The number of nitrogens with zero attached hydrogens (tertiary/aromatic N) is 2. The van der Waals surface area contributed by atoms with E-state index in [-0.39, 0.29) is 5.91 Å². The lowest BCUT2D eigenvalue weighted by Gasteiger charge is -2.13. The van der Waals surface area contributed by atoms with Gasteiger partial charge in [-0.05, 0) is 49.2 Å². The summed E-state index contributed by atoms with van der Waals surface area (Å²) in [5, 5.41) is 7.87. The predicted octanol–water partition coefficient (Wildman–Crippen LogP) is 4.50. The van der Waals surface area contributed by atoms with Crippen LogP contribution < -0.4 is 10.1 Å². The van der Waals surface area contributed by atoms with Gasteiger partial charge in [-0.25, -0.2) is 4.68 Å². The molecule has 0 atom stereocenters. The van der Waals surface area contributed by atoms with E-state index in [1.165, 1.54) is 0 Å². The summed E-state index contributed by atoms with van der Waals surface area (Å²) >= 11 is 1.81. The average molecular weight is 379 g/mol. The van der Waals surface area contributed by atoms with E-state index in [1.807, 2.05) is 28.6 Å². The van der Waals surface area contributed by atoms with Crippen molar-refractivity contribution in [3.05, 3.63) is 70.4 Å². The van der Waals surface area contributed by atoms with E-state index in [0.717, 1.165) is 45.4 Å². The minimum atomic E-state index is -0.197. The number of aromatic nitrogens is 2. The number of aryl methyl sites for hydroxylation is 2. The topological polar surface area (TPSA) is 56.1 Å². The van der Waals surface area contributed by atoms with Crippen molar-refractivity contribution in [2.24, 2.45) is 0 Å². The molecule has 1 aliphatic rings. The first kappa shape index (κ1) is 17.7. The van der Waals surface area contributed by atoms with Gasteiger partial charge in [-0.3, -0.25) is 4.79 Å². The van der Waals surface area contributed by atoms with Gasteiger partial charge < -0.3 is 10.1 Å². The summed E-state index contributed by atoms with van der Waals surface area (Å²) in [4.78, 5) is 13.0. The van der Waals surface area contributed by atoms with Crippen molar-refractivity contribution in [2.75, 3.05) is 12.4 Å². The van der Waals surface area contributed by atoms with Gasteiger partial charge in [-0.15, -0.1) is 0 Å². The van der Waals surface area contributed by atoms with Crippen molar-refractivity contribution in [1.29, 1.82) is 0 Å². The standard InChI is InChI=1S/C21H21N3O2S/c1-13-8-14(2)10-15(9-13)24-20(17-11-27-12-18(17)23-24)22-21(25)16-6-4-5-7-19(16)26-3/h4-10H,11-12H2,1-3H3,(H,22,25). The Kier molecular flexibility index (Phi) is 4.66. The average Bonchev–Trinajstić information content (AvgIpc) is 3.23. The van der Waals surface area contributed by atoms with E-state index in [2.05, 4.69) is 37.4 Å². The second-order valence-electron chi connectivity index (χ2n) is 6.68. The third-order valence-corrected chi connectivity index (χ3v) is 5.56. The first-order chi connectivity index (χ1) is 13.1. The van der Waals surface area contributed by atoms with Crippen LogP contribution in [0.5, 0.6) is 5.75 Å². The first-order valence-corrected chi connectivity index (χ1v) is 9.94. The Morgan fingerprint density at radius 3 is 2.63 bits per heavy atom. The normalized spacial score (nSPS) is 12.7. The summed E-state index contributed by atoms with van der Waals surface area (Å²) in [6, 6.07) is 13.5. The molecule has 0 aliphatic carbocycles. The molecule has 3 aromatic rings. The molecule has 2 heterocycles. The van der Waals surface area contributed by atoms with Crippen LogP contribution in [-0.2, 0) is 11.5 Å². The number of rotatable bonds is 4. The summed E-state index contributed by atoms with van der Waals surface area (Å²) in [5.74, 6) is 2.82. The first-order valence-electron chi connectivity index (χ1n) is 8.78. The van der Waals surface area contributed by atoms with Crippen molar-refractivity contribution < 1.29 is 9.53 Å². The van der Waals surface area contributed by atoms with Crippen LogP contribution in [0.15, 0.2) is 42.5 Å². The number of anilines is 1. The van der Waals surface area contributed by atoms with Gasteiger partial charge >= 0.3 is 0 Å². The molecule has 2 aromatic carbocycles. The summed E-state index contributed by atoms with van der Waals surface area (Å²) in [5.41, 5.74) is 5.93. The molecule has 1 aromatic heterocycles. The molecule has 27 heavy (non-hydrogen) atoms. The second-order valence-corrected chi connectivity index (χ2v) is 7.66. The lowest BCUT2D eigenvalue weighted by Crippen LogP contribution is -2.17. The zero-order valence-corrected chi connectivity index (χ0v) is 16.4. The van der Waals surface area contributed by atoms with Gasteiger partial charge in [0.25, 0.3) is 5.91 Å². The summed E-state index contributed by atoms with van der Waals surface area (Å²) < 4.78 is 7.20. The molecular weight excluding hydrogens is 358 g/mol. The van der Waals surface area contributed by atoms with Crippen molar-refractivity contribution in [1.82, 2.24) is 9.78 Å². The summed E-state index contributed by atoms with van der Waals surface area (Å²) in [7, 11) is 1.57. The van der Waals surface area contributed by atoms with Crippen LogP contribution in [0, 0.1) is 13.8 Å². The number of benzene rings is 2. The van der Waals surface area contributed by atoms with Gasteiger partial charge in [0.15, 0.2) is 0 Å². The Morgan fingerprint density at radius 2 is 1.89 bits per heavy atom. The van der Waals surface area contributed by atoms with Gasteiger partial charge in [-0.1, -0.05) is 18.2 Å². The number of thioether (sulfide) groups is 1. The van der Waals surface area contributed by atoms with Gasteiger partial charge in [0.05, 0.1) is 24.1 Å². The highest BCUT2D eigenvalue weighted by Gasteiger charge is 2.25. The number of para-hydroxylation sites is 1. The van der Waals surface area contributed by atoms with Crippen LogP contribution in [0.3, 0.4) is 0 Å². The fourth-order valence-corrected chi connectivity index (χ4v) is 4.44. The number of nitrogens with one attached hydrogen (secondary N) is 1. The molecule has 4 rings (SSSR count). The number of methoxy groups -OCH3 is 1. The zero-order chi connectivity index (χ0) is 19.0. The van der Waals surface area contributed by atoms with Crippen LogP contribution in [-0.4, -0.2) is 22.8 Å². The van der Waals surface area contributed by atoms with E-state index >= 15 is 0 Å². The maximum atomic E-state index is 13.0. The molecule has 1 N–H and O–H groups in total. The quantitative estimate of drug-likeness (QED) is 0.725. The minimum Gasteiger partial charge on any atom is -0.496 e. The van der Waals surface area contributed by atoms with Crippen LogP contribution in [0.4, 0.5) is 5.82 Å². The van der Waals surface area contributed by atoms with Crippen LogP contribution in [0.25, 0.3) is 5.69 Å². The van der Waals surface area contributed by atoms with Gasteiger partial charge in [-0.2, -0.15) is 16.9 Å². The van der Waals surface area contributed by atoms with Gasteiger partial charge in [0.2, 0.25) is 0 Å². The predicted molar refractivity (Wildman–Crippen MR) is 109 cm³/mol. The van der Waals surface area contributed by atoms with E-state index in [0.29, 0.717) is 11.3 Å². The van der Waals surface area contributed by atoms with Crippen molar-refractivity contribution in [3.63, 3.8) is 0 Å². The van der Waals surface area contributed by atoms with E-state index in [4.69, 9.17) is 9.84 Å². The third-order valence-electron chi connectivity index (χ3n) is 4.59. The fraction of sp³-hybridized carbons (Fsp3) is 0.238. The highest BCUT2D eigenvalue weighted by atomic mass is 32.2. The molecule has 138 valence electrons. The summed E-state index contributed by atoms with van der Waals surface area (Å²) in [6.07, 6.45) is 0. The molecule has 0 saturated carbocycles. The number of amides is 1. The number of carbonyl (C=O) groups is 1. The highest BCUT2D eigenvalue weighted by molar-refractivity contribution is 7.98. The Labute approximate surface area is 162 Å². The Hall–Kier alpha value is -2.73. The van der Waals surface area contributed by atoms with E-state index in [1.54, 1.807) is 19.2 Å². The third kappa shape index (κ3) is 3.32. The zero-order valence-electron chi connectivity index (χ0n) is 15.6. The Balaban J connectivity index is 1.77. The summed E-state index contributed by atoms with van der Waals surface area (Å²) in [6.45, 7) is 4.13. The van der Waals surface area contributed by atoms with Gasteiger partial charge in [0.1, 0.15) is 11.6 Å². The molecule has 5 nitrogen and oxygen atoms in total. The molecule has 0 spiro atoms. The second kappa shape index (κ2) is 7.12. The SMILES string of the molecule is COc1ccccc1C(=O)Nc1c2c(nn1-c1cc(C)cc(C)c1)CSC2. The number of hydrogen-bond donors (Lipinski definition) is 1. The van der Waals surface area contributed by atoms with Crippen LogP contribution in [0.1, 0.15) is 32.7 Å². The molecule has 1 aliphatic heterocycles. The number of carbonyl (C=O) groups excluding carboxylic acids is 1. The van der Waals surface area contributed by atoms with E-state index < -0.39 is 0 Å². The van der Waals surface area contributed by atoms with Crippen molar-refractivity contribution in [3.8, 4) is 11.4 Å². The van der Waals surface area contributed by atoms with Crippen LogP contribution in [0.2, 0.25) is 0 Å². The molecule has 0 saturated heterocycles. The lowest BCUT2D eigenvalue weighted by atomic mass is 10.1. The molecule has 0 unspecified atom stereocenters. The fourth-order valence-electron chi connectivity index (χ4n) is 3.41. The molecule has 0 radical (unpaired) electrons. The smallest absolute Gasteiger partial charge is 0.260 e. The van der Waals surface area contributed by atoms with Crippen molar-refractivity contribution >= 4 is 23.5 Å². The molecular formula is C21H21N3O2S. The molecule has 0 fully saturated rings. The monoisotopic (exact) mass is 379 g/mol. The lowest BCUT2D eigenvalue weighted by molar-refractivity contribution is 0.102. The van der Waals surface area contributed by atoms with Crippen molar-refractivity contribution in [2.45, 2.75) is 25.4 Å². The Bertz CT molecular complexity index is 1010. The maximum absolute atomic E-state index is 13.0. The Morgan fingerprint density at radius 1 is 1.15 bits per heavy atom. The number of hydrogen-bond acceptors (Lipinski definition) is 4. The number of ether oxygens (including phenoxy) is 1. The maximum Gasteiger partial charge on any atom is 0.260 e. The minimum absolute atomic E-state index is 0.197. The largest absolute Gasteiger partial charge is 0.496 e. The highest BCUT2D eigenvalue weighted by Crippen LogP contribution is 2.36. The van der Waals surface area contributed by atoms with E-state index in [9.17, 15) is 4.79 Å². The molecule has 0 bridgehead atoms. The van der Waals surface area contributed by atoms with Gasteiger partial charge in [0, 0.05) is 17.1 Å². The van der Waals surface area contributed by atoms with Crippen LogP contribution >= 0.6 is 11.8 Å². The molecule has 6 heteroatoms. The molecule has 1 amide bonds.